The van der Waals surface area contributed by atoms with Crippen LogP contribution in [0.15, 0.2) is 18.2 Å². The molecule has 0 spiro atoms. The summed E-state index contributed by atoms with van der Waals surface area (Å²) in [6, 6.07) is 5.00. The van der Waals surface area contributed by atoms with Gasteiger partial charge in [-0.15, -0.1) is 0 Å². The molecule has 35 heavy (non-hydrogen) atoms. The van der Waals surface area contributed by atoms with E-state index in [-0.39, 0.29) is 17.8 Å². The first kappa shape index (κ1) is 31.2. The number of ether oxygens (including phenoxy) is 3. The lowest BCUT2D eigenvalue weighted by atomic mass is 10.0. The molecule has 202 valence electrons. The molecule has 1 rings (SSSR count). The van der Waals surface area contributed by atoms with Crippen molar-refractivity contribution in [1.29, 1.82) is 0 Å². The molecule has 0 aromatic heterocycles. The molecule has 0 unspecified atom stereocenters. The van der Waals surface area contributed by atoms with Gasteiger partial charge in [-0.1, -0.05) is 96.6 Å². The minimum absolute atomic E-state index is 0.00295. The number of hydrogen-bond donors (Lipinski definition) is 2. The molecular formula is C29H50O6. The van der Waals surface area contributed by atoms with Gasteiger partial charge in [0.15, 0.2) is 17.8 Å². The molecular weight excluding hydrogens is 444 g/mol. The van der Waals surface area contributed by atoms with Crippen LogP contribution in [0.5, 0.6) is 11.5 Å². The molecule has 0 atom stereocenters. The average molecular weight is 495 g/mol. The van der Waals surface area contributed by atoms with Crippen LogP contribution in [0.2, 0.25) is 0 Å². The zero-order valence-corrected chi connectivity index (χ0v) is 22.3. The number of carboxylic acid groups (broad SMARTS) is 1. The first-order valence-corrected chi connectivity index (χ1v) is 14.0. The van der Waals surface area contributed by atoms with E-state index in [2.05, 4.69) is 18.6 Å². The monoisotopic (exact) mass is 494 g/mol. The minimum Gasteiger partial charge on any atom is -0.504 e. The second kappa shape index (κ2) is 21.5. The molecule has 0 aliphatic carbocycles. The highest BCUT2D eigenvalue weighted by Gasteiger charge is 2.11. The number of carbonyl (C=O) groups is 1. The maximum atomic E-state index is 10.7. The molecule has 1 aromatic carbocycles. The molecule has 0 saturated carbocycles. The average Bonchev–Trinajstić information content (AvgIpc) is 2.84. The lowest BCUT2D eigenvalue weighted by molar-refractivity contribution is -0.148. The summed E-state index contributed by atoms with van der Waals surface area (Å²) in [4.78, 5) is 10.7. The Balaban J connectivity index is 2.15. The quantitative estimate of drug-likeness (QED) is 0.0685. The van der Waals surface area contributed by atoms with Crippen molar-refractivity contribution in [3.8, 4) is 11.5 Å². The van der Waals surface area contributed by atoms with E-state index in [4.69, 9.17) is 14.6 Å². The van der Waals surface area contributed by atoms with Gasteiger partial charge in [-0.05, 0) is 50.2 Å². The molecule has 0 aliphatic heterocycles. The Morgan fingerprint density at radius 1 is 0.771 bits per heavy atom. The maximum absolute atomic E-state index is 10.7. The van der Waals surface area contributed by atoms with Crippen LogP contribution in [0.4, 0.5) is 4.79 Å². The van der Waals surface area contributed by atoms with Gasteiger partial charge in [0.25, 0.3) is 0 Å². The third-order valence-corrected chi connectivity index (χ3v) is 6.27. The van der Waals surface area contributed by atoms with Crippen LogP contribution in [-0.2, 0) is 15.9 Å². The Labute approximate surface area is 213 Å². The fraction of sp³-hybridized carbons (Fsp3) is 0.759. The van der Waals surface area contributed by atoms with Gasteiger partial charge in [0.2, 0.25) is 0 Å². The molecule has 0 radical (unpaired) electrons. The molecule has 6 nitrogen and oxygen atoms in total. The van der Waals surface area contributed by atoms with E-state index >= 15 is 0 Å². The molecule has 0 fully saturated rings. The normalized spacial score (nSPS) is 11.3. The molecule has 0 heterocycles. The van der Waals surface area contributed by atoms with Crippen molar-refractivity contribution in [3.63, 3.8) is 0 Å². The Hall–Kier alpha value is -1.79. The summed E-state index contributed by atoms with van der Waals surface area (Å²) in [7, 11) is 0. The summed E-state index contributed by atoms with van der Waals surface area (Å²) in [5.41, 5.74) is 0.735. The first-order chi connectivity index (χ1) is 17.1. The summed E-state index contributed by atoms with van der Waals surface area (Å²) in [5, 5.41) is 18.9. The highest BCUT2D eigenvalue weighted by molar-refractivity contribution is 5.63. The molecule has 0 aliphatic rings. The molecule has 0 bridgehead atoms. The molecule has 6 heteroatoms. The van der Waals surface area contributed by atoms with Crippen molar-refractivity contribution in [2.75, 3.05) is 13.2 Å². The number of unbranched alkanes of at least 4 members (excludes halogenated alkanes) is 12. The third-order valence-electron chi connectivity index (χ3n) is 6.27. The van der Waals surface area contributed by atoms with Crippen molar-refractivity contribution >= 4 is 6.16 Å². The van der Waals surface area contributed by atoms with Crippen LogP contribution in [0.25, 0.3) is 0 Å². The second-order valence-electron chi connectivity index (χ2n) is 9.44. The van der Waals surface area contributed by atoms with Gasteiger partial charge >= 0.3 is 6.16 Å². The van der Waals surface area contributed by atoms with Crippen LogP contribution in [0.3, 0.4) is 0 Å². The smallest absolute Gasteiger partial charge is 0.504 e. The number of benzene rings is 1. The van der Waals surface area contributed by atoms with E-state index in [1.807, 2.05) is 6.07 Å². The summed E-state index contributed by atoms with van der Waals surface area (Å²) in [6.07, 6.45) is 18.0. The fourth-order valence-corrected chi connectivity index (χ4v) is 4.16. The van der Waals surface area contributed by atoms with Gasteiger partial charge in [-0.2, -0.15) is 0 Å². The Morgan fingerprint density at radius 3 is 1.89 bits per heavy atom. The maximum Gasteiger partial charge on any atom is 0.511 e. The van der Waals surface area contributed by atoms with Gasteiger partial charge in [0.1, 0.15) is 0 Å². The number of hydrogen-bond acceptors (Lipinski definition) is 5. The summed E-state index contributed by atoms with van der Waals surface area (Å²) >= 11 is 0. The van der Waals surface area contributed by atoms with Crippen LogP contribution in [0, 0.1) is 0 Å². The predicted molar refractivity (Wildman–Crippen MR) is 141 cm³/mol. The molecule has 1 aromatic rings. The topological polar surface area (TPSA) is 85.2 Å². The number of aromatic hydroxyl groups is 1. The predicted octanol–water partition coefficient (Wildman–Crippen LogP) is 8.63. The summed E-state index contributed by atoms with van der Waals surface area (Å²) < 4.78 is 16.7. The molecule has 0 amide bonds. The summed E-state index contributed by atoms with van der Waals surface area (Å²) in [5.74, 6) is -0.0622. The highest BCUT2D eigenvalue weighted by Crippen LogP contribution is 2.31. The van der Waals surface area contributed by atoms with E-state index in [9.17, 15) is 9.90 Å². The van der Waals surface area contributed by atoms with Gasteiger partial charge in [0.05, 0.1) is 0 Å². The van der Waals surface area contributed by atoms with Crippen molar-refractivity contribution in [2.45, 2.75) is 129 Å². The van der Waals surface area contributed by atoms with Crippen LogP contribution >= 0.6 is 0 Å². The Bertz CT molecular complexity index is 634. The fourth-order valence-electron chi connectivity index (χ4n) is 4.16. The van der Waals surface area contributed by atoms with Gasteiger partial charge in [-0.25, -0.2) is 4.79 Å². The van der Waals surface area contributed by atoms with Crippen molar-refractivity contribution in [2.24, 2.45) is 0 Å². The van der Waals surface area contributed by atoms with E-state index in [0.717, 1.165) is 70.1 Å². The number of phenols is 1. The van der Waals surface area contributed by atoms with Gasteiger partial charge in [0, 0.05) is 13.2 Å². The lowest BCUT2D eigenvalue weighted by Crippen LogP contribution is -2.19. The third kappa shape index (κ3) is 16.5. The number of para-hydroxylation sites is 1. The van der Waals surface area contributed by atoms with E-state index in [0.29, 0.717) is 0 Å². The SMILES string of the molecule is CCCCCCOC(CCCCCCCCCc1cccc(OC(=O)O)c1O)OCCCCCC. The Morgan fingerprint density at radius 2 is 1.31 bits per heavy atom. The van der Waals surface area contributed by atoms with Crippen molar-refractivity contribution in [3.05, 3.63) is 23.8 Å². The largest absolute Gasteiger partial charge is 0.511 e. The number of rotatable bonds is 23. The van der Waals surface area contributed by atoms with Crippen molar-refractivity contribution in [1.82, 2.24) is 0 Å². The Kier molecular flexibility index (Phi) is 19.2. The standard InChI is InChI=1S/C29H50O6/c1-3-5-7-16-23-33-27(34-24-17-8-6-4-2)22-15-13-11-9-10-12-14-19-25-20-18-21-26(28(25)30)35-29(31)32/h18,20-21,27,30H,3-17,19,22-24H2,1-2H3,(H,31,32). The van der Waals surface area contributed by atoms with Crippen molar-refractivity contribution < 1.29 is 29.2 Å². The lowest BCUT2D eigenvalue weighted by Gasteiger charge is -2.19. The zero-order valence-electron chi connectivity index (χ0n) is 22.3. The minimum atomic E-state index is -1.42. The zero-order chi connectivity index (χ0) is 25.6. The van der Waals surface area contributed by atoms with E-state index in [1.54, 1.807) is 6.07 Å². The van der Waals surface area contributed by atoms with E-state index in [1.165, 1.54) is 63.9 Å². The summed E-state index contributed by atoms with van der Waals surface area (Å²) in [6.45, 7) is 6.07. The number of phenolic OH excluding ortho intramolecular Hbond substituents is 1. The van der Waals surface area contributed by atoms with Crippen LogP contribution in [0.1, 0.15) is 122 Å². The van der Waals surface area contributed by atoms with Crippen LogP contribution < -0.4 is 4.74 Å². The van der Waals surface area contributed by atoms with Gasteiger partial charge < -0.3 is 24.4 Å². The van der Waals surface area contributed by atoms with Gasteiger partial charge in [-0.3, -0.25) is 0 Å². The number of aryl methyl sites for hydroxylation is 1. The van der Waals surface area contributed by atoms with E-state index < -0.39 is 6.16 Å². The first-order valence-electron chi connectivity index (χ1n) is 14.0. The molecule has 2 N–H and O–H groups in total. The second-order valence-corrected chi connectivity index (χ2v) is 9.44. The highest BCUT2D eigenvalue weighted by atomic mass is 16.7. The van der Waals surface area contributed by atoms with Crippen LogP contribution in [-0.4, -0.2) is 35.9 Å². The molecule has 0 saturated heterocycles.